The Morgan fingerprint density at radius 3 is 2.25 bits per heavy atom. The van der Waals surface area contributed by atoms with E-state index in [1.807, 2.05) is 0 Å². The molecule has 0 saturated carbocycles. The van der Waals surface area contributed by atoms with Crippen LogP contribution in [0.1, 0.15) is 33.1 Å². The normalized spacial score (nSPS) is 16.5. The van der Waals surface area contributed by atoms with Crippen molar-refractivity contribution in [3.8, 4) is 0 Å². The Hall–Kier alpha value is -2.16. The second-order valence-corrected chi connectivity index (χ2v) is 8.67. The van der Waals surface area contributed by atoms with Crippen molar-refractivity contribution >= 4 is 27.6 Å². The van der Waals surface area contributed by atoms with Crippen LogP contribution in [-0.2, 0) is 24.3 Å². The third kappa shape index (κ3) is 5.21. The second-order valence-electron chi connectivity index (χ2n) is 6.81. The molecule has 9 heteroatoms. The van der Waals surface area contributed by atoms with Crippen LogP contribution < -0.4 is 4.31 Å². The molecule has 0 N–H and O–H groups in total. The molecule has 28 heavy (non-hydrogen) atoms. The molecule has 1 aromatic rings. The third-order valence-electron chi connectivity index (χ3n) is 4.82. The van der Waals surface area contributed by atoms with Gasteiger partial charge in [0.15, 0.2) is 0 Å². The van der Waals surface area contributed by atoms with Gasteiger partial charge in [0.2, 0.25) is 15.9 Å². The van der Waals surface area contributed by atoms with Crippen molar-refractivity contribution < 1.29 is 27.1 Å². The van der Waals surface area contributed by atoms with Gasteiger partial charge in [0.05, 0.1) is 24.5 Å². The predicted octanol–water partition coefficient (Wildman–Crippen LogP) is 2.17. The predicted molar refractivity (Wildman–Crippen MR) is 104 cm³/mol. The van der Waals surface area contributed by atoms with E-state index in [9.17, 15) is 22.4 Å². The molecule has 1 aliphatic heterocycles. The molecule has 7 nitrogen and oxygen atoms in total. The largest absolute Gasteiger partial charge is 0.466 e. The molecule has 0 radical (unpaired) electrons. The molecule has 0 unspecified atom stereocenters. The van der Waals surface area contributed by atoms with Crippen molar-refractivity contribution in [2.45, 2.75) is 39.2 Å². The number of esters is 1. The number of anilines is 1. The van der Waals surface area contributed by atoms with E-state index in [4.69, 9.17) is 4.74 Å². The summed E-state index contributed by atoms with van der Waals surface area (Å²) in [4.78, 5) is 26.6. The Morgan fingerprint density at radius 1 is 1.21 bits per heavy atom. The highest BCUT2D eigenvalue weighted by Crippen LogP contribution is 2.26. The van der Waals surface area contributed by atoms with Crippen LogP contribution in [-0.4, -0.2) is 57.2 Å². The fourth-order valence-corrected chi connectivity index (χ4v) is 4.64. The first kappa shape index (κ1) is 22.1. The maximum absolute atomic E-state index is 13.3. The summed E-state index contributed by atoms with van der Waals surface area (Å²) in [5.41, 5.74) is 0.241. The molecule has 156 valence electrons. The third-order valence-corrected chi connectivity index (χ3v) is 6.00. The molecule has 1 atom stereocenters. The minimum atomic E-state index is -3.77. The van der Waals surface area contributed by atoms with Crippen molar-refractivity contribution in [1.29, 1.82) is 0 Å². The average molecular weight is 414 g/mol. The molecular formula is C19H27FN2O5S. The van der Waals surface area contributed by atoms with Gasteiger partial charge < -0.3 is 9.64 Å². The zero-order valence-corrected chi connectivity index (χ0v) is 17.2. The zero-order chi connectivity index (χ0) is 20.9. The van der Waals surface area contributed by atoms with E-state index in [-0.39, 0.29) is 29.9 Å². The van der Waals surface area contributed by atoms with Gasteiger partial charge >= 0.3 is 5.97 Å². The number of carbonyl (C=O) groups is 2. The number of likely N-dealkylation sites (tertiary alicyclic amines) is 1. The molecule has 1 fully saturated rings. The summed E-state index contributed by atoms with van der Waals surface area (Å²) < 4.78 is 44.2. The van der Waals surface area contributed by atoms with E-state index in [0.717, 1.165) is 22.7 Å². The molecule has 1 saturated heterocycles. The molecule has 1 aliphatic rings. The lowest BCUT2D eigenvalue weighted by atomic mass is 9.96. The highest BCUT2D eigenvalue weighted by Gasteiger charge is 2.36. The topological polar surface area (TPSA) is 84.0 Å². The lowest BCUT2D eigenvalue weighted by molar-refractivity contribution is -0.151. The van der Waals surface area contributed by atoms with E-state index >= 15 is 0 Å². The SMILES string of the molecule is CCOC(=O)C1CCN(C(=O)[C@@H](CC)N(c2ccc(F)cc2)S(C)(=O)=O)CC1. The number of sulfonamides is 1. The Morgan fingerprint density at radius 2 is 1.79 bits per heavy atom. The van der Waals surface area contributed by atoms with Gasteiger partial charge in [-0.1, -0.05) is 6.92 Å². The fourth-order valence-electron chi connectivity index (χ4n) is 3.44. The summed E-state index contributed by atoms with van der Waals surface area (Å²) in [6.07, 6.45) is 2.26. The minimum absolute atomic E-state index is 0.241. The molecule has 2 rings (SSSR count). The number of rotatable bonds is 7. The molecule has 0 aromatic heterocycles. The molecule has 0 aliphatic carbocycles. The lowest BCUT2D eigenvalue weighted by Gasteiger charge is -2.37. The van der Waals surface area contributed by atoms with Gasteiger partial charge in [0, 0.05) is 13.1 Å². The van der Waals surface area contributed by atoms with E-state index in [0.29, 0.717) is 32.5 Å². The highest BCUT2D eigenvalue weighted by molar-refractivity contribution is 7.92. The van der Waals surface area contributed by atoms with Gasteiger partial charge in [0.1, 0.15) is 11.9 Å². The first-order valence-electron chi connectivity index (χ1n) is 9.39. The maximum Gasteiger partial charge on any atom is 0.309 e. The molecule has 0 spiro atoms. The highest BCUT2D eigenvalue weighted by atomic mass is 32.2. The summed E-state index contributed by atoms with van der Waals surface area (Å²) in [6.45, 7) is 4.52. The van der Waals surface area contributed by atoms with Crippen LogP contribution in [0.2, 0.25) is 0 Å². The Labute approximate surface area is 165 Å². The summed E-state index contributed by atoms with van der Waals surface area (Å²) in [7, 11) is -3.77. The Bertz CT molecular complexity index is 789. The van der Waals surface area contributed by atoms with Crippen molar-refractivity contribution in [3.63, 3.8) is 0 Å². The molecule has 0 bridgehead atoms. The standard InChI is InChI=1S/C19H27FN2O5S/c1-4-17(22(28(3,25)26)16-8-6-15(20)7-9-16)18(23)21-12-10-14(11-13-21)19(24)27-5-2/h6-9,14,17H,4-5,10-13H2,1-3H3/t17-/m1/s1. The van der Waals surface area contributed by atoms with Gasteiger partial charge in [-0.3, -0.25) is 13.9 Å². The summed E-state index contributed by atoms with van der Waals surface area (Å²) >= 11 is 0. The Kier molecular flexibility index (Phi) is 7.40. The van der Waals surface area contributed by atoms with Crippen LogP contribution in [0, 0.1) is 11.7 Å². The number of halogens is 1. The lowest BCUT2D eigenvalue weighted by Crippen LogP contribution is -2.52. The smallest absolute Gasteiger partial charge is 0.309 e. The molecule has 1 heterocycles. The van der Waals surface area contributed by atoms with Crippen molar-refractivity contribution in [3.05, 3.63) is 30.1 Å². The molecule has 1 amide bonds. The van der Waals surface area contributed by atoms with Crippen LogP contribution in [0.5, 0.6) is 0 Å². The van der Waals surface area contributed by atoms with E-state index in [1.54, 1.807) is 18.7 Å². The summed E-state index contributed by atoms with van der Waals surface area (Å²) in [5.74, 6) is -1.31. The van der Waals surface area contributed by atoms with Crippen molar-refractivity contribution in [2.24, 2.45) is 5.92 Å². The monoisotopic (exact) mass is 414 g/mol. The van der Waals surface area contributed by atoms with E-state index in [2.05, 4.69) is 0 Å². The van der Waals surface area contributed by atoms with Crippen molar-refractivity contribution in [2.75, 3.05) is 30.3 Å². The number of carbonyl (C=O) groups excluding carboxylic acids is 2. The number of hydrogen-bond acceptors (Lipinski definition) is 5. The number of benzene rings is 1. The van der Waals surface area contributed by atoms with E-state index < -0.39 is 21.9 Å². The number of piperidine rings is 1. The second kappa shape index (κ2) is 9.36. The van der Waals surface area contributed by atoms with Crippen molar-refractivity contribution in [1.82, 2.24) is 4.90 Å². The average Bonchev–Trinajstić information content (AvgIpc) is 2.66. The summed E-state index contributed by atoms with van der Waals surface area (Å²) in [5, 5.41) is 0. The first-order valence-corrected chi connectivity index (χ1v) is 11.2. The quantitative estimate of drug-likeness (QED) is 0.639. The van der Waals surface area contributed by atoms with E-state index in [1.165, 1.54) is 12.1 Å². The molecular weight excluding hydrogens is 387 g/mol. The number of nitrogens with zero attached hydrogens (tertiary/aromatic N) is 2. The van der Waals surface area contributed by atoms with Gasteiger partial charge in [-0.15, -0.1) is 0 Å². The Balaban J connectivity index is 2.19. The maximum atomic E-state index is 13.3. The van der Waals surface area contributed by atoms with Crippen LogP contribution in [0.3, 0.4) is 0 Å². The zero-order valence-electron chi connectivity index (χ0n) is 16.4. The van der Waals surface area contributed by atoms with Crippen LogP contribution >= 0.6 is 0 Å². The van der Waals surface area contributed by atoms with Gasteiger partial charge in [0.25, 0.3) is 0 Å². The minimum Gasteiger partial charge on any atom is -0.466 e. The van der Waals surface area contributed by atoms with Crippen LogP contribution in [0.25, 0.3) is 0 Å². The van der Waals surface area contributed by atoms with Gasteiger partial charge in [-0.25, -0.2) is 12.8 Å². The first-order chi connectivity index (χ1) is 13.2. The van der Waals surface area contributed by atoms with Crippen LogP contribution in [0.15, 0.2) is 24.3 Å². The molecule has 1 aromatic carbocycles. The fraction of sp³-hybridized carbons (Fsp3) is 0.579. The summed E-state index contributed by atoms with van der Waals surface area (Å²) in [6, 6.07) is 4.09. The number of amides is 1. The van der Waals surface area contributed by atoms with Gasteiger partial charge in [-0.2, -0.15) is 0 Å². The van der Waals surface area contributed by atoms with Gasteiger partial charge in [-0.05, 0) is 50.5 Å². The number of hydrogen-bond donors (Lipinski definition) is 0. The number of ether oxygens (including phenoxy) is 1. The van der Waals surface area contributed by atoms with Crippen LogP contribution in [0.4, 0.5) is 10.1 Å².